The van der Waals surface area contributed by atoms with E-state index in [2.05, 4.69) is 25.4 Å². The van der Waals surface area contributed by atoms with Crippen LogP contribution in [0.25, 0.3) is 11.0 Å². The molecule has 5 rings (SSSR count). The summed E-state index contributed by atoms with van der Waals surface area (Å²) in [5.41, 5.74) is 0.656. The van der Waals surface area contributed by atoms with Gasteiger partial charge in [-0.15, -0.1) is 0 Å². The molecule has 4 aromatic rings. The predicted octanol–water partition coefficient (Wildman–Crippen LogP) is 5.80. The van der Waals surface area contributed by atoms with Crippen molar-refractivity contribution in [3.8, 4) is 0 Å². The van der Waals surface area contributed by atoms with Crippen molar-refractivity contribution in [3.63, 3.8) is 0 Å². The van der Waals surface area contributed by atoms with Gasteiger partial charge in [0.25, 0.3) is 11.8 Å². The number of H-pyrrole nitrogens is 1. The van der Waals surface area contributed by atoms with Gasteiger partial charge in [0.2, 0.25) is 5.95 Å². The van der Waals surface area contributed by atoms with E-state index in [0.29, 0.717) is 33.3 Å². The number of carbonyl (C=O) groups is 2. The Kier molecular flexibility index (Phi) is 7.43. The average molecular weight is 571 g/mol. The summed E-state index contributed by atoms with van der Waals surface area (Å²) in [6, 6.07) is 12.6. The lowest BCUT2D eigenvalue weighted by atomic mass is 10.1. The normalized spacial score (nSPS) is 14.4. The molecule has 0 unspecified atom stereocenters. The highest BCUT2D eigenvalue weighted by Gasteiger charge is 2.35. The predicted molar refractivity (Wildman–Crippen MR) is 149 cm³/mol. The summed E-state index contributed by atoms with van der Waals surface area (Å²) in [6.07, 6.45) is -4.71. The molecule has 8 nitrogen and oxygen atoms in total. The van der Waals surface area contributed by atoms with Crippen LogP contribution in [0, 0.1) is 6.92 Å². The van der Waals surface area contributed by atoms with Crippen molar-refractivity contribution in [2.45, 2.75) is 13.1 Å². The number of piperazine rings is 1. The molecule has 0 atom stereocenters. The Morgan fingerprint density at radius 3 is 2.38 bits per heavy atom. The Labute approximate surface area is 233 Å². The van der Waals surface area contributed by atoms with Crippen LogP contribution in [0.1, 0.15) is 31.8 Å². The van der Waals surface area contributed by atoms with E-state index in [1.807, 2.05) is 7.05 Å². The summed E-state index contributed by atoms with van der Waals surface area (Å²) in [4.78, 5) is 38.7. The molecule has 3 aromatic carbocycles. The Balaban J connectivity index is 1.54. The lowest BCUT2D eigenvalue weighted by molar-refractivity contribution is -0.137. The SMILES string of the molecule is Cc1c(Cl)cccc1NC(=O)c1cc(NC(=O)c2ccccc2C(F)(F)F)cc2[nH]c(N3CCN(C)CC3)nc12. The van der Waals surface area contributed by atoms with Crippen LogP contribution in [-0.2, 0) is 6.18 Å². The number of benzene rings is 3. The molecule has 0 saturated carbocycles. The fraction of sp³-hybridized carbons (Fsp3) is 0.250. The number of hydrogen-bond donors (Lipinski definition) is 3. The molecule has 0 spiro atoms. The number of likely N-dealkylation sites (N-methyl/N-ethyl adjacent to an activating group) is 1. The maximum Gasteiger partial charge on any atom is 0.417 e. The van der Waals surface area contributed by atoms with Crippen molar-refractivity contribution in [2.75, 3.05) is 48.8 Å². The standard InChI is InChI=1S/C28H26ClF3N6O2/c1-16-21(29)8-5-9-22(16)34-26(40)19-14-17(33-25(39)18-6-3-4-7-20(18)28(30,31)32)15-23-24(19)36-27(35-23)38-12-10-37(2)11-13-38/h3-9,14-15H,10-13H2,1-2H3,(H,33,39)(H,34,40)(H,35,36). The molecule has 0 bridgehead atoms. The lowest BCUT2D eigenvalue weighted by Crippen LogP contribution is -2.44. The van der Waals surface area contributed by atoms with Gasteiger partial charge in [0, 0.05) is 42.6 Å². The Bertz CT molecular complexity index is 1590. The molecule has 0 aliphatic carbocycles. The van der Waals surface area contributed by atoms with Gasteiger partial charge in [-0.2, -0.15) is 13.2 Å². The van der Waals surface area contributed by atoms with Gasteiger partial charge in [0.15, 0.2) is 0 Å². The fourth-order valence-corrected chi connectivity index (χ4v) is 4.75. The molecule has 1 aliphatic heterocycles. The van der Waals surface area contributed by atoms with Gasteiger partial charge in [-0.25, -0.2) is 4.98 Å². The molecule has 2 amide bonds. The summed E-state index contributed by atoms with van der Waals surface area (Å²) >= 11 is 6.22. The number of aromatic nitrogens is 2. The largest absolute Gasteiger partial charge is 0.417 e. The number of amides is 2. The number of carbonyl (C=O) groups excluding carboxylic acids is 2. The molecule has 2 heterocycles. The first-order valence-electron chi connectivity index (χ1n) is 12.5. The Morgan fingerprint density at radius 2 is 1.65 bits per heavy atom. The van der Waals surface area contributed by atoms with Gasteiger partial charge in [0.05, 0.1) is 22.2 Å². The zero-order valence-electron chi connectivity index (χ0n) is 21.7. The van der Waals surface area contributed by atoms with Gasteiger partial charge < -0.3 is 25.4 Å². The van der Waals surface area contributed by atoms with Crippen LogP contribution in [0.4, 0.5) is 30.5 Å². The molecule has 0 radical (unpaired) electrons. The maximum atomic E-state index is 13.5. The van der Waals surface area contributed by atoms with E-state index in [0.717, 1.165) is 38.3 Å². The van der Waals surface area contributed by atoms with Crippen molar-refractivity contribution >= 4 is 51.8 Å². The van der Waals surface area contributed by atoms with Crippen LogP contribution < -0.4 is 15.5 Å². The summed E-state index contributed by atoms with van der Waals surface area (Å²) in [5.74, 6) is -0.913. The second-order valence-electron chi connectivity index (χ2n) is 9.63. The lowest BCUT2D eigenvalue weighted by Gasteiger charge is -2.32. The smallest absolute Gasteiger partial charge is 0.340 e. The Hall–Kier alpha value is -4.09. The van der Waals surface area contributed by atoms with Crippen molar-refractivity contribution in [3.05, 3.63) is 81.9 Å². The van der Waals surface area contributed by atoms with Gasteiger partial charge in [-0.3, -0.25) is 9.59 Å². The number of anilines is 3. The molecule has 12 heteroatoms. The van der Waals surface area contributed by atoms with Crippen LogP contribution in [0.3, 0.4) is 0 Å². The molecule has 1 aliphatic rings. The summed E-state index contributed by atoms with van der Waals surface area (Å²) < 4.78 is 40.6. The molecule has 208 valence electrons. The fourth-order valence-electron chi connectivity index (χ4n) is 4.58. The quantitative estimate of drug-likeness (QED) is 0.282. The number of nitrogens with zero attached hydrogens (tertiary/aromatic N) is 3. The molecule has 3 N–H and O–H groups in total. The minimum Gasteiger partial charge on any atom is -0.340 e. The van der Waals surface area contributed by atoms with Gasteiger partial charge >= 0.3 is 6.18 Å². The first-order valence-corrected chi connectivity index (χ1v) is 12.9. The molecular formula is C28H26ClF3N6O2. The van der Waals surface area contributed by atoms with Crippen molar-refractivity contribution in [1.82, 2.24) is 14.9 Å². The number of imidazole rings is 1. The molecule has 1 fully saturated rings. The van der Waals surface area contributed by atoms with Crippen LogP contribution in [0.15, 0.2) is 54.6 Å². The van der Waals surface area contributed by atoms with E-state index in [1.54, 1.807) is 31.2 Å². The summed E-state index contributed by atoms with van der Waals surface area (Å²) in [6.45, 7) is 4.87. The van der Waals surface area contributed by atoms with Crippen LogP contribution >= 0.6 is 11.6 Å². The van der Waals surface area contributed by atoms with Crippen molar-refractivity contribution in [2.24, 2.45) is 0 Å². The second-order valence-corrected chi connectivity index (χ2v) is 10.0. The van der Waals surface area contributed by atoms with Crippen LogP contribution in [0.2, 0.25) is 5.02 Å². The zero-order chi connectivity index (χ0) is 28.6. The maximum absolute atomic E-state index is 13.5. The molecule has 1 aromatic heterocycles. The minimum atomic E-state index is -4.71. The van der Waals surface area contributed by atoms with E-state index in [4.69, 9.17) is 16.6 Å². The number of aromatic amines is 1. The monoisotopic (exact) mass is 570 g/mol. The van der Waals surface area contributed by atoms with E-state index >= 15 is 0 Å². The summed E-state index contributed by atoms with van der Waals surface area (Å²) in [5, 5.41) is 5.84. The third-order valence-electron chi connectivity index (χ3n) is 6.87. The molecular weight excluding hydrogens is 545 g/mol. The van der Waals surface area contributed by atoms with Crippen molar-refractivity contribution in [1.29, 1.82) is 0 Å². The van der Waals surface area contributed by atoms with E-state index < -0.39 is 29.1 Å². The second kappa shape index (κ2) is 10.8. The third-order valence-corrected chi connectivity index (χ3v) is 7.28. The molecule has 1 saturated heterocycles. The van der Waals surface area contributed by atoms with Gasteiger partial charge in [0.1, 0.15) is 5.52 Å². The number of halogens is 4. The first-order chi connectivity index (χ1) is 19.0. The number of nitrogens with one attached hydrogen (secondary N) is 3. The number of alkyl halides is 3. The summed E-state index contributed by atoms with van der Waals surface area (Å²) in [7, 11) is 2.03. The van der Waals surface area contributed by atoms with E-state index in [1.165, 1.54) is 18.2 Å². The highest BCUT2D eigenvalue weighted by Crippen LogP contribution is 2.33. The number of hydrogen-bond acceptors (Lipinski definition) is 5. The van der Waals surface area contributed by atoms with Gasteiger partial charge in [-0.1, -0.05) is 29.8 Å². The Morgan fingerprint density at radius 1 is 0.950 bits per heavy atom. The minimum absolute atomic E-state index is 0.132. The number of rotatable bonds is 5. The average Bonchev–Trinajstić information content (AvgIpc) is 3.35. The third kappa shape index (κ3) is 5.61. The first kappa shape index (κ1) is 27.5. The van der Waals surface area contributed by atoms with E-state index in [9.17, 15) is 22.8 Å². The number of fused-ring (bicyclic) bond motifs is 1. The highest BCUT2D eigenvalue weighted by molar-refractivity contribution is 6.31. The van der Waals surface area contributed by atoms with Crippen LogP contribution in [0.5, 0.6) is 0 Å². The van der Waals surface area contributed by atoms with E-state index in [-0.39, 0.29) is 11.3 Å². The van der Waals surface area contributed by atoms with Crippen molar-refractivity contribution < 1.29 is 22.8 Å². The topological polar surface area (TPSA) is 93.4 Å². The zero-order valence-corrected chi connectivity index (χ0v) is 22.5. The van der Waals surface area contributed by atoms with Gasteiger partial charge in [-0.05, 0) is 55.9 Å². The molecule has 40 heavy (non-hydrogen) atoms. The van der Waals surface area contributed by atoms with Crippen LogP contribution in [-0.4, -0.2) is 59.9 Å². The highest BCUT2D eigenvalue weighted by atomic mass is 35.5.